The molecule has 0 saturated carbocycles. The number of hydrogen-bond donors (Lipinski definition) is 2. The van der Waals surface area contributed by atoms with E-state index >= 15 is 0 Å². The Morgan fingerprint density at radius 1 is 1.35 bits per heavy atom. The van der Waals surface area contributed by atoms with Crippen molar-refractivity contribution in [1.29, 1.82) is 0 Å². The summed E-state index contributed by atoms with van der Waals surface area (Å²) < 4.78 is 0. The fourth-order valence-electron chi connectivity index (χ4n) is 1.65. The van der Waals surface area contributed by atoms with Gasteiger partial charge in [-0.05, 0) is 24.1 Å². The van der Waals surface area contributed by atoms with Gasteiger partial charge in [-0.1, -0.05) is 25.5 Å². The second kappa shape index (κ2) is 6.91. The summed E-state index contributed by atoms with van der Waals surface area (Å²) in [5.41, 5.74) is 7.07. The van der Waals surface area contributed by atoms with Crippen molar-refractivity contribution in [3.8, 4) is 0 Å². The van der Waals surface area contributed by atoms with Gasteiger partial charge < -0.3 is 15.7 Å². The van der Waals surface area contributed by atoms with E-state index in [0.29, 0.717) is 0 Å². The van der Waals surface area contributed by atoms with E-state index in [9.17, 15) is 4.79 Å². The molecule has 0 fully saturated rings. The number of aliphatic hydroxyl groups excluding tert-OH is 1. The molecule has 3 N–H and O–H groups in total. The molecule has 0 heterocycles. The van der Waals surface area contributed by atoms with Crippen molar-refractivity contribution in [2.24, 2.45) is 5.73 Å². The lowest BCUT2D eigenvalue weighted by Gasteiger charge is -2.23. The first kappa shape index (κ1) is 13.5. The summed E-state index contributed by atoms with van der Waals surface area (Å²) in [6.45, 7) is 3.19. The molecular weight excluding hydrogens is 216 g/mol. The Labute approximate surface area is 102 Å². The first-order valence-corrected chi connectivity index (χ1v) is 5.90. The highest BCUT2D eigenvalue weighted by Gasteiger charge is 2.08. The summed E-state index contributed by atoms with van der Waals surface area (Å²) in [5, 5.41) is 8.97. The fraction of sp³-hybridized carbons (Fsp3) is 0.462. The Morgan fingerprint density at radius 2 is 2.00 bits per heavy atom. The highest BCUT2D eigenvalue weighted by Crippen LogP contribution is 2.15. The van der Waals surface area contributed by atoms with Gasteiger partial charge in [-0.15, -0.1) is 0 Å². The van der Waals surface area contributed by atoms with Crippen LogP contribution >= 0.6 is 0 Å². The van der Waals surface area contributed by atoms with E-state index in [2.05, 4.69) is 6.92 Å². The molecule has 1 amide bonds. The van der Waals surface area contributed by atoms with E-state index in [1.54, 1.807) is 0 Å². The molecule has 1 rings (SSSR count). The van der Waals surface area contributed by atoms with Gasteiger partial charge in [0.15, 0.2) is 0 Å². The average Bonchev–Trinajstić information content (AvgIpc) is 2.34. The zero-order valence-electron chi connectivity index (χ0n) is 10.2. The number of hydrogen-bond acceptors (Lipinski definition) is 3. The Kier molecular flexibility index (Phi) is 5.49. The number of aliphatic hydroxyl groups is 1. The minimum Gasteiger partial charge on any atom is -0.392 e. The average molecular weight is 236 g/mol. The Balaban J connectivity index is 2.75. The predicted molar refractivity (Wildman–Crippen MR) is 68.7 cm³/mol. The third-order valence-corrected chi connectivity index (χ3v) is 2.61. The molecule has 4 nitrogen and oxygen atoms in total. The lowest BCUT2D eigenvalue weighted by molar-refractivity contribution is -0.116. The van der Waals surface area contributed by atoms with Crippen LogP contribution in [-0.4, -0.2) is 24.1 Å². The topological polar surface area (TPSA) is 66.6 Å². The van der Waals surface area contributed by atoms with Crippen LogP contribution in [0.4, 0.5) is 5.69 Å². The first-order valence-electron chi connectivity index (χ1n) is 5.90. The zero-order valence-corrected chi connectivity index (χ0v) is 10.2. The Morgan fingerprint density at radius 3 is 2.47 bits per heavy atom. The maximum Gasteiger partial charge on any atom is 0.236 e. The molecule has 0 aliphatic carbocycles. The number of anilines is 1. The number of carbonyl (C=O) groups is 1. The van der Waals surface area contributed by atoms with E-state index in [-0.39, 0.29) is 19.1 Å². The van der Waals surface area contributed by atoms with E-state index < -0.39 is 0 Å². The largest absolute Gasteiger partial charge is 0.392 e. The number of unbranched alkanes of at least 4 members (excludes halogenated alkanes) is 1. The van der Waals surface area contributed by atoms with Crippen LogP contribution in [-0.2, 0) is 11.4 Å². The molecule has 0 radical (unpaired) electrons. The van der Waals surface area contributed by atoms with Gasteiger partial charge in [0.05, 0.1) is 13.2 Å². The SMILES string of the molecule is CCCCN(CC(N)=O)c1ccc(CO)cc1. The monoisotopic (exact) mass is 236 g/mol. The number of amides is 1. The van der Waals surface area contributed by atoms with Crippen LogP contribution in [0.25, 0.3) is 0 Å². The van der Waals surface area contributed by atoms with Crippen molar-refractivity contribution < 1.29 is 9.90 Å². The predicted octanol–water partition coefficient (Wildman–Crippen LogP) is 1.27. The number of carbonyl (C=O) groups excluding carboxylic acids is 1. The molecule has 0 atom stereocenters. The molecule has 94 valence electrons. The van der Waals surface area contributed by atoms with Gasteiger partial charge in [0.1, 0.15) is 0 Å². The zero-order chi connectivity index (χ0) is 12.7. The van der Waals surface area contributed by atoms with Gasteiger partial charge >= 0.3 is 0 Å². The summed E-state index contributed by atoms with van der Waals surface area (Å²) in [6, 6.07) is 7.53. The van der Waals surface area contributed by atoms with E-state index in [1.807, 2.05) is 29.2 Å². The number of nitrogens with two attached hydrogens (primary N) is 1. The quantitative estimate of drug-likeness (QED) is 0.749. The number of rotatable bonds is 7. The van der Waals surface area contributed by atoms with Crippen LogP contribution in [0.1, 0.15) is 25.3 Å². The van der Waals surface area contributed by atoms with Gasteiger partial charge in [-0.3, -0.25) is 4.79 Å². The van der Waals surface area contributed by atoms with Crippen LogP contribution in [0.15, 0.2) is 24.3 Å². The second-order valence-electron chi connectivity index (χ2n) is 4.07. The van der Waals surface area contributed by atoms with Gasteiger partial charge in [0.2, 0.25) is 5.91 Å². The Bertz CT molecular complexity index is 349. The molecule has 1 aromatic carbocycles. The van der Waals surface area contributed by atoms with E-state index in [0.717, 1.165) is 30.6 Å². The van der Waals surface area contributed by atoms with Crippen molar-refractivity contribution >= 4 is 11.6 Å². The molecule has 0 spiro atoms. The third-order valence-electron chi connectivity index (χ3n) is 2.61. The molecule has 0 aromatic heterocycles. The van der Waals surface area contributed by atoms with Gasteiger partial charge in [0, 0.05) is 12.2 Å². The highest BCUT2D eigenvalue weighted by molar-refractivity contribution is 5.79. The van der Waals surface area contributed by atoms with E-state index in [4.69, 9.17) is 10.8 Å². The van der Waals surface area contributed by atoms with Crippen molar-refractivity contribution in [3.05, 3.63) is 29.8 Å². The Hall–Kier alpha value is -1.55. The summed E-state index contributed by atoms with van der Waals surface area (Å²) in [6.07, 6.45) is 2.10. The van der Waals surface area contributed by atoms with Crippen molar-refractivity contribution in [2.75, 3.05) is 18.0 Å². The molecule has 1 aromatic rings. The number of primary amides is 1. The molecule has 0 aliphatic rings. The smallest absolute Gasteiger partial charge is 0.236 e. The number of benzene rings is 1. The van der Waals surface area contributed by atoms with Gasteiger partial charge in [-0.25, -0.2) is 0 Å². The summed E-state index contributed by atoms with van der Waals surface area (Å²) in [4.78, 5) is 13.0. The maximum absolute atomic E-state index is 11.0. The van der Waals surface area contributed by atoms with Crippen LogP contribution in [0.5, 0.6) is 0 Å². The fourth-order valence-corrected chi connectivity index (χ4v) is 1.65. The van der Waals surface area contributed by atoms with Crippen molar-refractivity contribution in [2.45, 2.75) is 26.4 Å². The maximum atomic E-state index is 11.0. The first-order chi connectivity index (χ1) is 8.17. The lowest BCUT2D eigenvalue weighted by atomic mass is 10.2. The normalized spacial score (nSPS) is 10.2. The minimum atomic E-state index is -0.327. The lowest BCUT2D eigenvalue weighted by Crippen LogP contribution is -2.34. The number of nitrogens with zero attached hydrogens (tertiary/aromatic N) is 1. The standard InChI is InChI=1S/C13H20N2O2/c1-2-3-8-15(9-13(14)17)12-6-4-11(10-16)5-7-12/h4-7,16H,2-3,8-10H2,1H3,(H2,14,17). The van der Waals surface area contributed by atoms with Crippen LogP contribution in [0.2, 0.25) is 0 Å². The third kappa shape index (κ3) is 4.44. The van der Waals surface area contributed by atoms with Crippen molar-refractivity contribution in [3.63, 3.8) is 0 Å². The van der Waals surface area contributed by atoms with E-state index in [1.165, 1.54) is 0 Å². The molecule has 4 heteroatoms. The molecule has 0 bridgehead atoms. The second-order valence-corrected chi connectivity index (χ2v) is 4.07. The molecular formula is C13H20N2O2. The van der Waals surface area contributed by atoms with Crippen LogP contribution in [0.3, 0.4) is 0 Å². The minimum absolute atomic E-state index is 0.0328. The van der Waals surface area contributed by atoms with Gasteiger partial charge in [-0.2, -0.15) is 0 Å². The molecule has 17 heavy (non-hydrogen) atoms. The molecule has 0 saturated heterocycles. The van der Waals surface area contributed by atoms with Crippen molar-refractivity contribution in [1.82, 2.24) is 0 Å². The van der Waals surface area contributed by atoms with Crippen LogP contribution in [0, 0.1) is 0 Å². The molecule has 0 unspecified atom stereocenters. The summed E-state index contributed by atoms with van der Waals surface area (Å²) in [7, 11) is 0. The summed E-state index contributed by atoms with van der Waals surface area (Å²) >= 11 is 0. The highest BCUT2D eigenvalue weighted by atomic mass is 16.3. The molecule has 0 aliphatic heterocycles. The summed E-state index contributed by atoms with van der Waals surface area (Å²) in [5.74, 6) is -0.327. The van der Waals surface area contributed by atoms with Gasteiger partial charge in [0.25, 0.3) is 0 Å². The van der Waals surface area contributed by atoms with Crippen LogP contribution < -0.4 is 10.6 Å².